The van der Waals surface area contributed by atoms with Crippen molar-refractivity contribution in [2.45, 2.75) is 24.8 Å². The molecule has 6 heteroatoms. The number of carbonyl (C=O) groups excluding carboxylic acids is 1. The van der Waals surface area contributed by atoms with E-state index in [1.807, 2.05) is 32.0 Å². The van der Waals surface area contributed by atoms with Crippen LogP contribution < -0.4 is 14.8 Å². The first kappa shape index (κ1) is 18.6. The number of fused-ring (bicyclic) bond motifs is 1. The molecule has 1 aliphatic rings. The second kappa shape index (κ2) is 8.45. The molecule has 0 aliphatic carbocycles. The third-order valence-corrected chi connectivity index (χ3v) is 5.15. The summed E-state index contributed by atoms with van der Waals surface area (Å²) >= 11 is 1.20. The van der Waals surface area contributed by atoms with Gasteiger partial charge in [-0.15, -0.1) is 11.8 Å². The molecule has 0 saturated carbocycles. The molecule has 0 aromatic heterocycles. The van der Waals surface area contributed by atoms with Gasteiger partial charge in [-0.1, -0.05) is 32.0 Å². The zero-order chi connectivity index (χ0) is 18.5. The van der Waals surface area contributed by atoms with E-state index in [1.54, 1.807) is 18.2 Å². The van der Waals surface area contributed by atoms with Crippen LogP contribution >= 0.6 is 11.8 Å². The van der Waals surface area contributed by atoms with Gasteiger partial charge in [0.2, 0.25) is 5.91 Å². The maximum Gasteiger partial charge on any atom is 0.230 e. The molecule has 2 aromatic carbocycles. The molecular formula is C20H22FNO3S. The van der Waals surface area contributed by atoms with Gasteiger partial charge in [0.25, 0.3) is 0 Å². The molecule has 3 rings (SSSR count). The van der Waals surface area contributed by atoms with Crippen molar-refractivity contribution in [3.8, 4) is 11.5 Å². The fraction of sp³-hybridized carbons (Fsp3) is 0.350. The molecule has 0 spiro atoms. The molecule has 1 aliphatic heterocycles. The third-order valence-electron chi connectivity index (χ3n) is 4.10. The zero-order valence-electron chi connectivity index (χ0n) is 14.8. The summed E-state index contributed by atoms with van der Waals surface area (Å²) in [7, 11) is 0. The van der Waals surface area contributed by atoms with E-state index in [9.17, 15) is 9.18 Å². The van der Waals surface area contributed by atoms with Crippen LogP contribution in [-0.2, 0) is 4.79 Å². The molecule has 1 amide bonds. The van der Waals surface area contributed by atoms with Crippen molar-refractivity contribution >= 4 is 17.7 Å². The highest BCUT2D eigenvalue weighted by molar-refractivity contribution is 8.00. The standard InChI is InChI=1S/C20H22FNO3S/c1-13(2)20(14-7-8-16-17(11-14)25-10-9-24-16)22-19(23)12-26-18-6-4-3-5-15(18)21/h3-8,11,13,20H,9-10,12H2,1-2H3,(H,22,23)/t20-/m0/s1. The van der Waals surface area contributed by atoms with Gasteiger partial charge < -0.3 is 14.8 Å². The van der Waals surface area contributed by atoms with Gasteiger partial charge in [0, 0.05) is 4.90 Å². The number of halogens is 1. The largest absolute Gasteiger partial charge is 0.486 e. The van der Waals surface area contributed by atoms with E-state index in [0.29, 0.717) is 23.9 Å². The Balaban J connectivity index is 1.66. The van der Waals surface area contributed by atoms with Crippen LogP contribution in [0.25, 0.3) is 0 Å². The lowest BCUT2D eigenvalue weighted by atomic mass is 9.95. The smallest absolute Gasteiger partial charge is 0.230 e. The average Bonchev–Trinajstić information content (AvgIpc) is 2.65. The van der Waals surface area contributed by atoms with Crippen LogP contribution in [0.15, 0.2) is 47.4 Å². The monoisotopic (exact) mass is 375 g/mol. The summed E-state index contributed by atoms with van der Waals surface area (Å²) in [5.74, 6) is 1.34. The van der Waals surface area contributed by atoms with Gasteiger partial charge in [-0.25, -0.2) is 4.39 Å². The van der Waals surface area contributed by atoms with Gasteiger partial charge in [0.05, 0.1) is 11.8 Å². The van der Waals surface area contributed by atoms with Gasteiger partial charge in [0.1, 0.15) is 19.0 Å². The number of hydrogen-bond acceptors (Lipinski definition) is 4. The molecule has 0 saturated heterocycles. The molecule has 0 unspecified atom stereocenters. The van der Waals surface area contributed by atoms with E-state index in [2.05, 4.69) is 5.32 Å². The Kier molecular flexibility index (Phi) is 6.04. The van der Waals surface area contributed by atoms with Crippen LogP contribution in [0.1, 0.15) is 25.5 Å². The van der Waals surface area contributed by atoms with Crippen LogP contribution in [0.2, 0.25) is 0 Å². The lowest BCUT2D eigenvalue weighted by molar-refractivity contribution is -0.119. The van der Waals surface area contributed by atoms with Crippen molar-refractivity contribution in [3.05, 3.63) is 53.8 Å². The first-order valence-corrected chi connectivity index (χ1v) is 9.59. The zero-order valence-corrected chi connectivity index (χ0v) is 15.6. The van der Waals surface area contributed by atoms with Crippen LogP contribution in [0.4, 0.5) is 4.39 Å². The minimum atomic E-state index is -0.308. The topological polar surface area (TPSA) is 47.6 Å². The Bertz CT molecular complexity index is 781. The highest BCUT2D eigenvalue weighted by Crippen LogP contribution is 2.34. The Morgan fingerprint density at radius 1 is 1.15 bits per heavy atom. The normalized spacial score (nSPS) is 14.2. The van der Waals surface area contributed by atoms with Crippen LogP contribution in [0.5, 0.6) is 11.5 Å². The Morgan fingerprint density at radius 3 is 2.62 bits per heavy atom. The van der Waals surface area contributed by atoms with E-state index >= 15 is 0 Å². The second-order valence-electron chi connectivity index (χ2n) is 6.41. The van der Waals surface area contributed by atoms with Crippen molar-refractivity contribution in [1.82, 2.24) is 5.32 Å². The Morgan fingerprint density at radius 2 is 1.88 bits per heavy atom. The van der Waals surface area contributed by atoms with Crippen molar-refractivity contribution in [2.75, 3.05) is 19.0 Å². The first-order valence-electron chi connectivity index (χ1n) is 8.61. The van der Waals surface area contributed by atoms with E-state index in [4.69, 9.17) is 9.47 Å². The number of ether oxygens (including phenoxy) is 2. The summed E-state index contributed by atoms with van der Waals surface area (Å²) < 4.78 is 24.9. The van der Waals surface area contributed by atoms with Gasteiger partial charge in [-0.05, 0) is 35.7 Å². The molecule has 138 valence electrons. The molecule has 0 fully saturated rings. The number of thioether (sulfide) groups is 1. The van der Waals surface area contributed by atoms with Crippen molar-refractivity contribution in [1.29, 1.82) is 0 Å². The lowest BCUT2D eigenvalue weighted by Gasteiger charge is -2.25. The molecule has 1 heterocycles. The Hall–Kier alpha value is -2.21. The fourth-order valence-electron chi connectivity index (χ4n) is 2.81. The predicted molar refractivity (Wildman–Crippen MR) is 100 cm³/mol. The molecule has 1 atom stereocenters. The molecule has 1 N–H and O–H groups in total. The predicted octanol–water partition coefficient (Wildman–Crippen LogP) is 4.20. The first-order chi connectivity index (χ1) is 12.5. The van der Waals surface area contributed by atoms with Gasteiger partial charge in [-0.3, -0.25) is 4.79 Å². The van der Waals surface area contributed by atoms with Crippen molar-refractivity contribution < 1.29 is 18.7 Å². The number of hydrogen-bond donors (Lipinski definition) is 1. The van der Waals surface area contributed by atoms with E-state index < -0.39 is 0 Å². The third kappa shape index (κ3) is 4.49. The summed E-state index contributed by atoms with van der Waals surface area (Å²) in [6, 6.07) is 12.1. The molecule has 2 aromatic rings. The Labute approximate surface area is 157 Å². The molecule has 0 radical (unpaired) electrons. The van der Waals surface area contributed by atoms with E-state index in [0.717, 1.165) is 11.3 Å². The number of rotatable bonds is 6. The maximum absolute atomic E-state index is 13.7. The van der Waals surface area contributed by atoms with E-state index in [1.165, 1.54) is 17.8 Å². The average molecular weight is 375 g/mol. The van der Waals surface area contributed by atoms with Crippen LogP contribution in [0, 0.1) is 11.7 Å². The molecule has 26 heavy (non-hydrogen) atoms. The maximum atomic E-state index is 13.7. The van der Waals surface area contributed by atoms with E-state index in [-0.39, 0.29) is 29.4 Å². The minimum absolute atomic E-state index is 0.133. The number of amides is 1. The molecule has 4 nitrogen and oxygen atoms in total. The van der Waals surface area contributed by atoms with Crippen LogP contribution in [-0.4, -0.2) is 24.9 Å². The fourth-order valence-corrected chi connectivity index (χ4v) is 3.56. The van der Waals surface area contributed by atoms with Gasteiger partial charge in [-0.2, -0.15) is 0 Å². The summed E-state index contributed by atoms with van der Waals surface area (Å²) in [6.07, 6.45) is 0. The van der Waals surface area contributed by atoms with Crippen molar-refractivity contribution in [3.63, 3.8) is 0 Å². The summed E-state index contributed by atoms with van der Waals surface area (Å²) in [6.45, 7) is 5.16. The van der Waals surface area contributed by atoms with Gasteiger partial charge >= 0.3 is 0 Å². The number of benzene rings is 2. The molecule has 0 bridgehead atoms. The second-order valence-corrected chi connectivity index (χ2v) is 7.43. The number of nitrogens with one attached hydrogen (secondary N) is 1. The van der Waals surface area contributed by atoms with Gasteiger partial charge in [0.15, 0.2) is 11.5 Å². The number of carbonyl (C=O) groups is 1. The quantitative estimate of drug-likeness (QED) is 0.769. The molecular weight excluding hydrogens is 353 g/mol. The summed E-state index contributed by atoms with van der Waals surface area (Å²) in [5.41, 5.74) is 0.966. The highest BCUT2D eigenvalue weighted by atomic mass is 32.2. The SMILES string of the molecule is CC(C)[C@H](NC(=O)CSc1ccccc1F)c1ccc2c(c1)OCCO2. The summed E-state index contributed by atoms with van der Waals surface area (Å²) in [5, 5.41) is 3.05. The lowest BCUT2D eigenvalue weighted by Crippen LogP contribution is -2.33. The minimum Gasteiger partial charge on any atom is -0.486 e. The van der Waals surface area contributed by atoms with Crippen LogP contribution in [0.3, 0.4) is 0 Å². The van der Waals surface area contributed by atoms with Crippen molar-refractivity contribution in [2.24, 2.45) is 5.92 Å². The highest BCUT2D eigenvalue weighted by Gasteiger charge is 2.21. The summed E-state index contributed by atoms with van der Waals surface area (Å²) in [4.78, 5) is 12.9.